The third-order valence-electron chi connectivity index (χ3n) is 3.31. The molecule has 0 aliphatic carbocycles. The monoisotopic (exact) mass is 299 g/mol. The van der Waals surface area contributed by atoms with Gasteiger partial charge in [-0.05, 0) is 43.2 Å². The van der Waals surface area contributed by atoms with Gasteiger partial charge in [-0.1, -0.05) is 29.8 Å². The smallest absolute Gasteiger partial charge is 0.258 e. The molecule has 0 saturated heterocycles. The SMILES string of the molecule is COc1cccc(CNC(=O)COc2ccc(C)cc2C)c1. The van der Waals surface area contributed by atoms with E-state index in [2.05, 4.69) is 5.32 Å². The predicted octanol–water partition coefficient (Wildman–Crippen LogP) is 3.01. The summed E-state index contributed by atoms with van der Waals surface area (Å²) in [4.78, 5) is 11.9. The van der Waals surface area contributed by atoms with Crippen molar-refractivity contribution in [2.24, 2.45) is 0 Å². The number of hydrogen-bond donors (Lipinski definition) is 1. The molecule has 2 aromatic rings. The van der Waals surface area contributed by atoms with Gasteiger partial charge in [-0.25, -0.2) is 0 Å². The van der Waals surface area contributed by atoms with Crippen molar-refractivity contribution in [1.29, 1.82) is 0 Å². The number of benzene rings is 2. The van der Waals surface area contributed by atoms with Crippen LogP contribution in [0.25, 0.3) is 0 Å². The van der Waals surface area contributed by atoms with E-state index in [1.807, 2.05) is 56.3 Å². The summed E-state index contributed by atoms with van der Waals surface area (Å²) < 4.78 is 10.7. The minimum atomic E-state index is -0.150. The van der Waals surface area contributed by atoms with Crippen molar-refractivity contribution in [2.75, 3.05) is 13.7 Å². The van der Waals surface area contributed by atoms with Crippen LogP contribution in [0.2, 0.25) is 0 Å². The fourth-order valence-electron chi connectivity index (χ4n) is 2.14. The minimum absolute atomic E-state index is 0.00781. The van der Waals surface area contributed by atoms with Crippen LogP contribution in [-0.2, 0) is 11.3 Å². The molecule has 0 aliphatic heterocycles. The summed E-state index contributed by atoms with van der Waals surface area (Å²) >= 11 is 0. The molecule has 0 aliphatic rings. The molecule has 0 aromatic heterocycles. The van der Waals surface area contributed by atoms with Gasteiger partial charge in [-0.3, -0.25) is 4.79 Å². The van der Waals surface area contributed by atoms with Crippen molar-refractivity contribution in [3.05, 3.63) is 59.2 Å². The quantitative estimate of drug-likeness (QED) is 0.892. The van der Waals surface area contributed by atoms with E-state index >= 15 is 0 Å². The van der Waals surface area contributed by atoms with Crippen LogP contribution in [0.15, 0.2) is 42.5 Å². The van der Waals surface area contributed by atoms with E-state index in [4.69, 9.17) is 9.47 Å². The highest BCUT2D eigenvalue weighted by Gasteiger charge is 2.05. The summed E-state index contributed by atoms with van der Waals surface area (Å²) in [6.07, 6.45) is 0. The number of methoxy groups -OCH3 is 1. The lowest BCUT2D eigenvalue weighted by Crippen LogP contribution is -2.28. The standard InChI is InChI=1S/C18H21NO3/c1-13-7-8-17(14(2)9-13)22-12-18(20)19-11-15-5-4-6-16(10-15)21-3/h4-10H,11-12H2,1-3H3,(H,19,20). The van der Waals surface area contributed by atoms with Crippen molar-refractivity contribution in [3.63, 3.8) is 0 Å². The van der Waals surface area contributed by atoms with Gasteiger partial charge >= 0.3 is 0 Å². The molecule has 4 nitrogen and oxygen atoms in total. The van der Waals surface area contributed by atoms with Crippen LogP contribution in [-0.4, -0.2) is 19.6 Å². The van der Waals surface area contributed by atoms with Crippen LogP contribution in [0.4, 0.5) is 0 Å². The van der Waals surface area contributed by atoms with Gasteiger partial charge in [0.2, 0.25) is 0 Å². The number of carbonyl (C=O) groups excluding carboxylic acids is 1. The summed E-state index contributed by atoms with van der Waals surface area (Å²) in [7, 11) is 1.62. The van der Waals surface area contributed by atoms with Crippen molar-refractivity contribution in [1.82, 2.24) is 5.32 Å². The van der Waals surface area contributed by atoms with Gasteiger partial charge in [0.25, 0.3) is 5.91 Å². The average molecular weight is 299 g/mol. The zero-order chi connectivity index (χ0) is 15.9. The molecule has 0 heterocycles. The lowest BCUT2D eigenvalue weighted by Gasteiger charge is -2.10. The Morgan fingerprint density at radius 3 is 2.68 bits per heavy atom. The Labute approximate surface area is 131 Å². The van der Waals surface area contributed by atoms with Gasteiger partial charge in [-0.15, -0.1) is 0 Å². The van der Waals surface area contributed by atoms with Crippen LogP contribution in [0.3, 0.4) is 0 Å². The van der Waals surface area contributed by atoms with Crippen LogP contribution in [0, 0.1) is 13.8 Å². The second-order valence-electron chi connectivity index (χ2n) is 5.19. The molecular formula is C18H21NO3. The van der Waals surface area contributed by atoms with Gasteiger partial charge in [0.05, 0.1) is 7.11 Å². The molecule has 0 radical (unpaired) electrons. The molecule has 0 unspecified atom stereocenters. The Bertz CT molecular complexity index is 653. The number of hydrogen-bond acceptors (Lipinski definition) is 3. The van der Waals surface area contributed by atoms with Gasteiger partial charge in [0, 0.05) is 6.54 Å². The van der Waals surface area contributed by atoms with Crippen molar-refractivity contribution < 1.29 is 14.3 Å². The van der Waals surface area contributed by atoms with Crippen LogP contribution < -0.4 is 14.8 Å². The molecule has 4 heteroatoms. The Morgan fingerprint density at radius 1 is 1.14 bits per heavy atom. The summed E-state index contributed by atoms with van der Waals surface area (Å²) in [5.41, 5.74) is 3.19. The maximum atomic E-state index is 11.9. The molecule has 2 rings (SSSR count). The molecule has 22 heavy (non-hydrogen) atoms. The summed E-state index contributed by atoms with van der Waals surface area (Å²) in [5, 5.41) is 2.83. The van der Waals surface area contributed by atoms with Crippen molar-refractivity contribution >= 4 is 5.91 Å². The Morgan fingerprint density at radius 2 is 1.95 bits per heavy atom. The van der Waals surface area contributed by atoms with Crippen LogP contribution in [0.5, 0.6) is 11.5 Å². The summed E-state index contributed by atoms with van der Waals surface area (Å²) in [6.45, 7) is 4.45. The zero-order valence-electron chi connectivity index (χ0n) is 13.2. The van der Waals surface area contributed by atoms with Crippen LogP contribution in [0.1, 0.15) is 16.7 Å². The number of rotatable bonds is 6. The second kappa shape index (κ2) is 7.50. The highest BCUT2D eigenvalue weighted by molar-refractivity contribution is 5.77. The van der Waals surface area contributed by atoms with Crippen molar-refractivity contribution in [2.45, 2.75) is 20.4 Å². The molecular weight excluding hydrogens is 278 g/mol. The van der Waals surface area contributed by atoms with E-state index in [0.29, 0.717) is 6.54 Å². The zero-order valence-corrected chi connectivity index (χ0v) is 13.2. The van der Waals surface area contributed by atoms with E-state index in [1.165, 1.54) is 5.56 Å². The van der Waals surface area contributed by atoms with Gasteiger partial charge in [0.15, 0.2) is 6.61 Å². The van der Waals surface area contributed by atoms with Crippen LogP contribution >= 0.6 is 0 Å². The fourth-order valence-corrected chi connectivity index (χ4v) is 2.14. The average Bonchev–Trinajstić information content (AvgIpc) is 2.52. The first-order chi connectivity index (χ1) is 10.6. The first-order valence-corrected chi connectivity index (χ1v) is 7.18. The number of carbonyl (C=O) groups is 1. The van der Waals surface area contributed by atoms with E-state index in [1.54, 1.807) is 7.11 Å². The normalized spacial score (nSPS) is 10.1. The van der Waals surface area contributed by atoms with E-state index < -0.39 is 0 Å². The molecule has 0 spiro atoms. The number of ether oxygens (including phenoxy) is 2. The second-order valence-corrected chi connectivity index (χ2v) is 5.19. The van der Waals surface area contributed by atoms with Crippen molar-refractivity contribution in [3.8, 4) is 11.5 Å². The van der Waals surface area contributed by atoms with E-state index in [9.17, 15) is 4.79 Å². The van der Waals surface area contributed by atoms with E-state index in [0.717, 1.165) is 22.6 Å². The minimum Gasteiger partial charge on any atom is -0.497 e. The lowest BCUT2D eigenvalue weighted by molar-refractivity contribution is -0.123. The maximum absolute atomic E-state index is 11.9. The molecule has 116 valence electrons. The summed E-state index contributed by atoms with van der Waals surface area (Å²) in [5.74, 6) is 1.36. The Hall–Kier alpha value is -2.49. The highest BCUT2D eigenvalue weighted by atomic mass is 16.5. The molecule has 0 saturated carbocycles. The molecule has 0 fully saturated rings. The topological polar surface area (TPSA) is 47.6 Å². The Balaban J connectivity index is 1.82. The van der Waals surface area contributed by atoms with Gasteiger partial charge in [0.1, 0.15) is 11.5 Å². The number of aryl methyl sites for hydroxylation is 2. The third kappa shape index (κ3) is 4.52. The number of amides is 1. The van der Waals surface area contributed by atoms with E-state index in [-0.39, 0.29) is 12.5 Å². The third-order valence-corrected chi connectivity index (χ3v) is 3.31. The highest BCUT2D eigenvalue weighted by Crippen LogP contribution is 2.18. The molecule has 1 N–H and O–H groups in total. The number of nitrogens with one attached hydrogen (secondary N) is 1. The van der Waals surface area contributed by atoms with Gasteiger partial charge in [-0.2, -0.15) is 0 Å². The maximum Gasteiger partial charge on any atom is 0.258 e. The molecule has 0 bridgehead atoms. The lowest BCUT2D eigenvalue weighted by atomic mass is 10.1. The summed E-state index contributed by atoms with van der Waals surface area (Å²) in [6, 6.07) is 13.5. The predicted molar refractivity (Wildman–Crippen MR) is 86.3 cm³/mol. The Kier molecular flexibility index (Phi) is 5.42. The largest absolute Gasteiger partial charge is 0.497 e. The molecule has 0 atom stereocenters. The fraction of sp³-hybridized carbons (Fsp3) is 0.278. The first-order valence-electron chi connectivity index (χ1n) is 7.18. The molecule has 2 aromatic carbocycles. The van der Waals surface area contributed by atoms with Gasteiger partial charge < -0.3 is 14.8 Å². The first kappa shape index (κ1) is 15.9. The molecule has 1 amide bonds.